The normalized spacial score (nSPS) is 11.8. The number of hydrogen-bond acceptors (Lipinski definition) is 4. The second-order valence-corrected chi connectivity index (χ2v) is 9.05. The molecule has 2 amide bonds. The summed E-state index contributed by atoms with van der Waals surface area (Å²) in [6.07, 6.45) is 3.26. The van der Waals surface area contributed by atoms with Gasteiger partial charge in [-0.15, -0.1) is 0 Å². The Morgan fingerprint density at radius 1 is 1.00 bits per heavy atom. The predicted octanol–water partition coefficient (Wildman–Crippen LogP) is 3.87. The fourth-order valence-electron chi connectivity index (χ4n) is 4.58. The van der Waals surface area contributed by atoms with Crippen molar-refractivity contribution < 1.29 is 18.4 Å². The van der Waals surface area contributed by atoms with Crippen molar-refractivity contribution in [3.63, 3.8) is 0 Å². The third kappa shape index (κ3) is 5.74. The van der Waals surface area contributed by atoms with E-state index in [1.807, 2.05) is 0 Å². The van der Waals surface area contributed by atoms with Crippen LogP contribution in [0.2, 0.25) is 0 Å². The van der Waals surface area contributed by atoms with E-state index in [1.165, 1.54) is 18.2 Å². The molecule has 8 nitrogen and oxygen atoms in total. The first-order chi connectivity index (χ1) is 18.8. The van der Waals surface area contributed by atoms with Crippen LogP contribution in [0.15, 0.2) is 90.0 Å². The molecule has 39 heavy (non-hydrogen) atoms. The lowest BCUT2D eigenvalue weighted by Gasteiger charge is -2.22. The molecule has 5 rings (SSSR count). The number of benzene rings is 2. The Hall–Kier alpha value is -5.12. The van der Waals surface area contributed by atoms with Crippen LogP contribution in [0.1, 0.15) is 27.7 Å². The molecule has 0 radical (unpaired) electrons. The summed E-state index contributed by atoms with van der Waals surface area (Å²) < 4.78 is 29.6. The number of nitrogens with one attached hydrogen (secondary N) is 2. The zero-order valence-corrected chi connectivity index (χ0v) is 20.5. The minimum absolute atomic E-state index is 0.0310. The molecule has 0 bridgehead atoms. The monoisotopic (exact) mass is 527 g/mol. The molecule has 3 aromatic heterocycles. The van der Waals surface area contributed by atoms with Crippen LogP contribution in [-0.2, 0) is 17.8 Å². The van der Waals surface area contributed by atoms with Crippen LogP contribution in [0.4, 0.5) is 8.78 Å². The Kier molecular flexibility index (Phi) is 7.00. The molecule has 0 saturated heterocycles. The molecular weight excluding hydrogens is 504 g/mol. The summed E-state index contributed by atoms with van der Waals surface area (Å²) in [6.45, 7) is -0.128. The van der Waals surface area contributed by atoms with Crippen molar-refractivity contribution in [3.05, 3.63) is 124 Å². The van der Waals surface area contributed by atoms with Gasteiger partial charge in [0.15, 0.2) is 0 Å². The summed E-state index contributed by atoms with van der Waals surface area (Å²) in [5.41, 5.74) is 7.94. The molecule has 10 heteroatoms. The highest BCUT2D eigenvalue weighted by Crippen LogP contribution is 2.30. The number of aromatic nitrogens is 3. The van der Waals surface area contributed by atoms with Gasteiger partial charge in [-0.1, -0.05) is 18.2 Å². The molecule has 196 valence electrons. The first-order valence-electron chi connectivity index (χ1n) is 12.0. The Morgan fingerprint density at radius 2 is 1.79 bits per heavy atom. The van der Waals surface area contributed by atoms with E-state index in [0.717, 1.165) is 11.5 Å². The van der Waals surface area contributed by atoms with E-state index in [2.05, 4.69) is 15.3 Å². The summed E-state index contributed by atoms with van der Waals surface area (Å²) in [6, 6.07) is 17.3. The number of amides is 2. The van der Waals surface area contributed by atoms with Crippen molar-refractivity contribution in [1.29, 1.82) is 0 Å². The third-order valence-electron chi connectivity index (χ3n) is 6.29. The maximum absolute atomic E-state index is 14.0. The molecule has 0 spiro atoms. The maximum Gasteiger partial charge on any atom is 0.249 e. The largest absolute Gasteiger partial charge is 0.366 e. The Morgan fingerprint density at radius 3 is 2.56 bits per heavy atom. The van der Waals surface area contributed by atoms with Gasteiger partial charge in [0.1, 0.15) is 23.8 Å². The molecule has 4 N–H and O–H groups in total. The molecule has 5 aromatic rings. The summed E-state index contributed by atoms with van der Waals surface area (Å²) in [7, 11) is 0. The number of hydrogen-bond donors (Lipinski definition) is 3. The van der Waals surface area contributed by atoms with Gasteiger partial charge in [0.05, 0.1) is 11.7 Å². The number of aromatic amines is 1. The number of rotatable bonds is 8. The van der Waals surface area contributed by atoms with E-state index in [4.69, 9.17) is 5.73 Å². The number of pyridine rings is 2. The molecule has 0 unspecified atom stereocenters. The van der Waals surface area contributed by atoms with Gasteiger partial charge in [-0.3, -0.25) is 19.4 Å². The molecule has 0 aliphatic heterocycles. The Labute approximate surface area is 221 Å². The van der Waals surface area contributed by atoms with Crippen molar-refractivity contribution in [3.8, 4) is 11.1 Å². The fourth-order valence-corrected chi connectivity index (χ4v) is 4.58. The third-order valence-corrected chi connectivity index (χ3v) is 6.29. The van der Waals surface area contributed by atoms with Crippen molar-refractivity contribution >= 4 is 22.8 Å². The Bertz CT molecular complexity index is 1740. The van der Waals surface area contributed by atoms with E-state index < -0.39 is 29.5 Å². The topological polar surface area (TPSA) is 123 Å². The van der Waals surface area contributed by atoms with Crippen LogP contribution in [-0.4, -0.2) is 26.3 Å². The zero-order chi connectivity index (χ0) is 27.5. The molecule has 2 aromatic carbocycles. The molecule has 0 saturated carbocycles. The van der Waals surface area contributed by atoms with E-state index >= 15 is 0 Å². The van der Waals surface area contributed by atoms with E-state index in [1.54, 1.807) is 65.5 Å². The number of halogens is 2. The summed E-state index contributed by atoms with van der Waals surface area (Å²) >= 11 is 0. The van der Waals surface area contributed by atoms with Gasteiger partial charge in [0.2, 0.25) is 17.4 Å². The number of H-pyrrole nitrogens is 1. The van der Waals surface area contributed by atoms with Gasteiger partial charge in [0.25, 0.3) is 0 Å². The highest BCUT2D eigenvalue weighted by molar-refractivity contribution is 5.94. The van der Waals surface area contributed by atoms with E-state index in [0.29, 0.717) is 33.6 Å². The standard InChI is InChI=1S/C29H23F2N5O3/c30-21-11-17(12-22(31)15-21)13-24(34-26(38)16-36-10-8-18-6-7-25(37)35-29(18)36)27-23(5-2-9-33-27)19-3-1-4-20(14-19)28(32)39/h1-12,14-15,24H,13,16H2,(H2,32,39)(H,34,38)(H,35,37)/t24-/m0/s1. The summed E-state index contributed by atoms with van der Waals surface area (Å²) in [5, 5.41) is 3.69. The fraction of sp³-hybridized carbons (Fsp3) is 0.103. The lowest BCUT2D eigenvalue weighted by molar-refractivity contribution is -0.122. The molecule has 0 aliphatic rings. The molecule has 1 atom stereocenters. The number of carbonyl (C=O) groups is 2. The van der Waals surface area contributed by atoms with E-state index in [-0.39, 0.29) is 18.5 Å². The number of carbonyl (C=O) groups excluding carboxylic acids is 2. The average molecular weight is 528 g/mol. The Balaban J connectivity index is 1.52. The van der Waals surface area contributed by atoms with E-state index in [9.17, 15) is 23.2 Å². The van der Waals surface area contributed by atoms with Gasteiger partial charge >= 0.3 is 0 Å². The van der Waals surface area contributed by atoms with Gasteiger partial charge in [-0.05, 0) is 60.0 Å². The summed E-state index contributed by atoms with van der Waals surface area (Å²) in [4.78, 5) is 44.1. The van der Waals surface area contributed by atoms with Gasteiger partial charge in [-0.25, -0.2) is 8.78 Å². The van der Waals surface area contributed by atoms with Crippen LogP contribution in [0.3, 0.4) is 0 Å². The van der Waals surface area contributed by atoms with Gasteiger partial charge < -0.3 is 20.6 Å². The number of fused-ring (bicyclic) bond motifs is 1. The smallest absolute Gasteiger partial charge is 0.249 e. The maximum atomic E-state index is 14.0. The lowest BCUT2D eigenvalue weighted by Crippen LogP contribution is -2.33. The minimum atomic E-state index is -0.798. The SMILES string of the molecule is NC(=O)c1cccc(-c2cccnc2[C@H](Cc2cc(F)cc(F)c2)NC(=O)Cn2ccc3ccc(=O)[nH]c32)c1. The highest BCUT2D eigenvalue weighted by Gasteiger charge is 2.22. The van der Waals surface area contributed by atoms with Crippen LogP contribution < -0.4 is 16.6 Å². The number of nitrogens with two attached hydrogens (primary N) is 1. The van der Waals surface area contributed by atoms with Crippen LogP contribution in [0.5, 0.6) is 0 Å². The summed E-state index contributed by atoms with van der Waals surface area (Å²) in [5.74, 6) is -2.50. The van der Waals surface area contributed by atoms with Crippen molar-refractivity contribution in [2.45, 2.75) is 19.0 Å². The van der Waals surface area contributed by atoms with Gasteiger partial charge in [-0.2, -0.15) is 0 Å². The molecular formula is C29H23F2N5O3. The number of nitrogens with zero attached hydrogens (tertiary/aromatic N) is 2. The molecule has 0 fully saturated rings. The van der Waals surface area contributed by atoms with Crippen molar-refractivity contribution in [2.75, 3.05) is 0 Å². The predicted molar refractivity (Wildman–Crippen MR) is 142 cm³/mol. The first-order valence-corrected chi connectivity index (χ1v) is 12.0. The minimum Gasteiger partial charge on any atom is -0.366 e. The lowest BCUT2D eigenvalue weighted by atomic mass is 9.94. The van der Waals surface area contributed by atoms with Gasteiger partial charge in [0, 0.05) is 41.0 Å². The number of primary amides is 1. The molecule has 0 aliphatic carbocycles. The van der Waals surface area contributed by atoms with Crippen molar-refractivity contribution in [2.24, 2.45) is 5.73 Å². The van der Waals surface area contributed by atoms with Crippen molar-refractivity contribution in [1.82, 2.24) is 19.9 Å². The second kappa shape index (κ2) is 10.7. The molecule has 3 heterocycles. The second-order valence-electron chi connectivity index (χ2n) is 9.05. The zero-order valence-electron chi connectivity index (χ0n) is 20.5. The highest BCUT2D eigenvalue weighted by atomic mass is 19.1. The van der Waals surface area contributed by atoms with Crippen LogP contribution >= 0.6 is 0 Å². The average Bonchev–Trinajstić information content (AvgIpc) is 3.29. The quantitative estimate of drug-likeness (QED) is 0.284. The van der Waals surface area contributed by atoms with Crippen LogP contribution in [0.25, 0.3) is 22.2 Å². The first kappa shape index (κ1) is 25.5. The van der Waals surface area contributed by atoms with Crippen LogP contribution in [0, 0.1) is 11.6 Å².